The van der Waals surface area contributed by atoms with Crippen molar-refractivity contribution < 1.29 is 10.2 Å². The van der Waals surface area contributed by atoms with E-state index in [1.54, 1.807) is 0 Å². The Morgan fingerprint density at radius 1 is 0.905 bits per heavy atom. The molecule has 118 valence electrons. The average molecular weight is 290 g/mol. The van der Waals surface area contributed by atoms with Gasteiger partial charge in [0.25, 0.3) is 0 Å². The minimum atomic E-state index is -0.233. The minimum absolute atomic E-state index is 0.147. The molecule has 1 fully saturated rings. The van der Waals surface area contributed by atoms with Gasteiger partial charge in [-0.15, -0.1) is 0 Å². The summed E-state index contributed by atoms with van der Waals surface area (Å²) in [5.74, 6) is 0.514. The van der Waals surface area contributed by atoms with Gasteiger partial charge in [-0.25, -0.2) is 0 Å². The highest BCUT2D eigenvalue weighted by atomic mass is 16.3. The standard InChI is InChI=1S/C19H30O2/c20-18(15-14-16-8-3-1-4-9-16)12-7-13-19(21)17-10-5-2-6-11-17/h1,3-4,8-9,17-21H,2,5-7,10-15H2/t18-,19+/m0/s1. The van der Waals surface area contributed by atoms with E-state index >= 15 is 0 Å². The molecule has 0 saturated heterocycles. The Hall–Kier alpha value is -0.860. The van der Waals surface area contributed by atoms with E-state index in [1.165, 1.54) is 37.7 Å². The second-order valence-corrected chi connectivity index (χ2v) is 6.57. The smallest absolute Gasteiger partial charge is 0.0568 e. The van der Waals surface area contributed by atoms with Crippen LogP contribution >= 0.6 is 0 Å². The third-order valence-corrected chi connectivity index (χ3v) is 4.84. The van der Waals surface area contributed by atoms with E-state index in [9.17, 15) is 10.2 Å². The first-order valence-electron chi connectivity index (χ1n) is 8.66. The van der Waals surface area contributed by atoms with Crippen molar-refractivity contribution in [1.29, 1.82) is 0 Å². The lowest BCUT2D eigenvalue weighted by molar-refractivity contribution is 0.0688. The van der Waals surface area contributed by atoms with E-state index in [0.29, 0.717) is 5.92 Å². The van der Waals surface area contributed by atoms with E-state index in [1.807, 2.05) is 18.2 Å². The predicted octanol–water partition coefficient (Wildman–Crippen LogP) is 4.09. The van der Waals surface area contributed by atoms with Crippen LogP contribution in [0.25, 0.3) is 0 Å². The quantitative estimate of drug-likeness (QED) is 0.757. The van der Waals surface area contributed by atoms with Gasteiger partial charge in [0.15, 0.2) is 0 Å². The molecule has 1 saturated carbocycles. The summed E-state index contributed by atoms with van der Waals surface area (Å²) in [6.45, 7) is 0. The number of aliphatic hydroxyl groups excluding tert-OH is 2. The number of benzene rings is 1. The zero-order valence-corrected chi connectivity index (χ0v) is 13.1. The third-order valence-electron chi connectivity index (χ3n) is 4.84. The highest BCUT2D eigenvalue weighted by Crippen LogP contribution is 2.28. The molecule has 0 amide bonds. The summed E-state index contributed by atoms with van der Waals surface area (Å²) in [7, 11) is 0. The highest BCUT2D eigenvalue weighted by Gasteiger charge is 2.21. The zero-order valence-electron chi connectivity index (χ0n) is 13.1. The van der Waals surface area contributed by atoms with Crippen LogP contribution in [0.5, 0.6) is 0 Å². The molecule has 0 bridgehead atoms. The van der Waals surface area contributed by atoms with Crippen molar-refractivity contribution in [3.05, 3.63) is 35.9 Å². The molecule has 0 aromatic heterocycles. The van der Waals surface area contributed by atoms with Gasteiger partial charge in [-0.1, -0.05) is 49.6 Å². The van der Waals surface area contributed by atoms with Crippen molar-refractivity contribution in [2.75, 3.05) is 0 Å². The molecule has 21 heavy (non-hydrogen) atoms. The van der Waals surface area contributed by atoms with Crippen LogP contribution in [-0.4, -0.2) is 22.4 Å². The van der Waals surface area contributed by atoms with E-state index in [0.717, 1.165) is 32.1 Å². The van der Waals surface area contributed by atoms with Crippen LogP contribution < -0.4 is 0 Å². The van der Waals surface area contributed by atoms with Crippen LogP contribution in [0.2, 0.25) is 0 Å². The van der Waals surface area contributed by atoms with Gasteiger partial charge in [-0.05, 0) is 56.4 Å². The zero-order chi connectivity index (χ0) is 14.9. The fourth-order valence-corrected chi connectivity index (χ4v) is 3.44. The molecule has 0 spiro atoms. The summed E-state index contributed by atoms with van der Waals surface area (Å²) >= 11 is 0. The van der Waals surface area contributed by atoms with Crippen LogP contribution in [-0.2, 0) is 6.42 Å². The molecule has 0 unspecified atom stereocenters. The Morgan fingerprint density at radius 2 is 1.62 bits per heavy atom. The fourth-order valence-electron chi connectivity index (χ4n) is 3.44. The molecule has 2 rings (SSSR count). The van der Waals surface area contributed by atoms with Crippen molar-refractivity contribution in [3.8, 4) is 0 Å². The maximum absolute atomic E-state index is 10.2. The van der Waals surface area contributed by atoms with Crippen molar-refractivity contribution in [2.24, 2.45) is 5.92 Å². The molecule has 1 aliphatic rings. The Labute approximate surface area is 129 Å². The van der Waals surface area contributed by atoms with E-state index in [-0.39, 0.29) is 12.2 Å². The molecular formula is C19H30O2. The van der Waals surface area contributed by atoms with Crippen LogP contribution in [0, 0.1) is 5.92 Å². The maximum Gasteiger partial charge on any atom is 0.0568 e. The Balaban J connectivity index is 1.57. The number of aryl methyl sites for hydroxylation is 1. The molecule has 2 N–H and O–H groups in total. The van der Waals surface area contributed by atoms with Gasteiger partial charge < -0.3 is 10.2 Å². The minimum Gasteiger partial charge on any atom is -0.393 e. The number of hydrogen-bond acceptors (Lipinski definition) is 2. The van der Waals surface area contributed by atoms with Crippen LogP contribution in [0.1, 0.15) is 63.4 Å². The summed E-state index contributed by atoms with van der Waals surface area (Å²) in [5, 5.41) is 20.3. The molecular weight excluding hydrogens is 260 g/mol. The molecule has 2 nitrogen and oxygen atoms in total. The van der Waals surface area contributed by atoms with Crippen LogP contribution in [0.4, 0.5) is 0 Å². The van der Waals surface area contributed by atoms with Gasteiger partial charge in [0.2, 0.25) is 0 Å². The summed E-state index contributed by atoms with van der Waals surface area (Å²) in [6.07, 6.45) is 10.3. The Morgan fingerprint density at radius 3 is 2.33 bits per heavy atom. The first kappa shape index (κ1) is 16.5. The average Bonchev–Trinajstić information content (AvgIpc) is 2.54. The van der Waals surface area contributed by atoms with Gasteiger partial charge >= 0.3 is 0 Å². The molecule has 0 radical (unpaired) electrons. The second-order valence-electron chi connectivity index (χ2n) is 6.57. The topological polar surface area (TPSA) is 40.5 Å². The Bertz CT molecular complexity index is 370. The largest absolute Gasteiger partial charge is 0.393 e. The lowest BCUT2D eigenvalue weighted by Gasteiger charge is -2.26. The molecule has 1 aliphatic carbocycles. The summed E-state index contributed by atoms with van der Waals surface area (Å²) in [4.78, 5) is 0. The number of hydrogen-bond donors (Lipinski definition) is 2. The molecule has 2 heteroatoms. The van der Waals surface area contributed by atoms with Crippen LogP contribution in [0.15, 0.2) is 30.3 Å². The summed E-state index contributed by atoms with van der Waals surface area (Å²) in [5.41, 5.74) is 1.29. The Kier molecular flexibility index (Phi) is 7.25. The van der Waals surface area contributed by atoms with Gasteiger partial charge in [-0.2, -0.15) is 0 Å². The molecule has 0 aliphatic heterocycles. The highest BCUT2D eigenvalue weighted by molar-refractivity contribution is 5.14. The first-order valence-corrected chi connectivity index (χ1v) is 8.66. The molecule has 1 aromatic rings. The van der Waals surface area contributed by atoms with E-state index < -0.39 is 0 Å². The molecule has 1 aromatic carbocycles. The normalized spacial score (nSPS) is 19.3. The fraction of sp³-hybridized carbons (Fsp3) is 0.684. The van der Waals surface area contributed by atoms with Crippen molar-refractivity contribution in [2.45, 2.75) is 76.4 Å². The maximum atomic E-state index is 10.2. The van der Waals surface area contributed by atoms with Crippen molar-refractivity contribution in [1.82, 2.24) is 0 Å². The van der Waals surface area contributed by atoms with Gasteiger partial charge in [-0.3, -0.25) is 0 Å². The van der Waals surface area contributed by atoms with Gasteiger partial charge in [0.05, 0.1) is 12.2 Å². The number of aliphatic hydroxyl groups is 2. The molecule has 0 heterocycles. The van der Waals surface area contributed by atoms with E-state index in [2.05, 4.69) is 12.1 Å². The van der Waals surface area contributed by atoms with Gasteiger partial charge in [0.1, 0.15) is 0 Å². The summed E-state index contributed by atoms with van der Waals surface area (Å²) < 4.78 is 0. The first-order chi connectivity index (χ1) is 10.3. The SMILES string of the molecule is O[C@@H](CCC[C@@H](O)C1CCCCC1)CCc1ccccc1. The summed E-state index contributed by atoms with van der Waals surface area (Å²) in [6, 6.07) is 10.3. The third kappa shape index (κ3) is 6.19. The van der Waals surface area contributed by atoms with Crippen molar-refractivity contribution in [3.63, 3.8) is 0 Å². The second kappa shape index (κ2) is 9.22. The lowest BCUT2D eigenvalue weighted by atomic mass is 9.83. The van der Waals surface area contributed by atoms with E-state index in [4.69, 9.17) is 0 Å². The molecule has 2 atom stereocenters. The lowest BCUT2D eigenvalue weighted by Crippen LogP contribution is -2.23. The number of rotatable bonds is 8. The monoisotopic (exact) mass is 290 g/mol. The van der Waals surface area contributed by atoms with Gasteiger partial charge in [0, 0.05) is 0 Å². The van der Waals surface area contributed by atoms with Crippen LogP contribution in [0.3, 0.4) is 0 Å². The van der Waals surface area contributed by atoms with Crippen molar-refractivity contribution >= 4 is 0 Å². The predicted molar refractivity (Wildman–Crippen MR) is 87.2 cm³/mol.